The molecule has 1 aromatic heterocycles. The van der Waals surface area contributed by atoms with Gasteiger partial charge in [-0.2, -0.15) is 4.31 Å². The van der Waals surface area contributed by atoms with Gasteiger partial charge in [0.15, 0.2) is 0 Å². The number of ether oxygens (including phenoxy) is 1. The van der Waals surface area contributed by atoms with E-state index in [4.69, 9.17) is 4.74 Å². The van der Waals surface area contributed by atoms with Crippen LogP contribution in [0.25, 0.3) is 0 Å². The summed E-state index contributed by atoms with van der Waals surface area (Å²) in [7, 11) is -3.74. The van der Waals surface area contributed by atoms with Gasteiger partial charge in [-0.25, -0.2) is 17.8 Å². The SMILES string of the molecule is CC/C(=C\F)COc1ccc(S(=O)(=O)N2CCC(C)(C(=O)O)CC2)cn1. The smallest absolute Gasteiger partial charge is 0.309 e. The highest BCUT2D eigenvalue weighted by Crippen LogP contribution is 2.33. The molecule has 2 rings (SSSR count). The van der Waals surface area contributed by atoms with Crippen LogP contribution in [-0.2, 0) is 14.8 Å². The van der Waals surface area contributed by atoms with Gasteiger partial charge < -0.3 is 9.84 Å². The highest BCUT2D eigenvalue weighted by atomic mass is 32.2. The van der Waals surface area contributed by atoms with E-state index >= 15 is 0 Å². The molecule has 0 aromatic carbocycles. The van der Waals surface area contributed by atoms with Gasteiger partial charge in [0.05, 0.1) is 17.9 Å². The molecular formula is C17H23FN2O5S. The Balaban J connectivity index is 2.05. The van der Waals surface area contributed by atoms with Crippen LogP contribution in [0, 0.1) is 5.41 Å². The number of carbonyl (C=O) groups is 1. The molecule has 0 atom stereocenters. The number of hydrogen-bond donors (Lipinski definition) is 1. The van der Waals surface area contributed by atoms with E-state index in [0.29, 0.717) is 18.3 Å². The predicted octanol–water partition coefficient (Wildman–Crippen LogP) is 2.60. The van der Waals surface area contributed by atoms with E-state index in [1.807, 2.05) is 0 Å². The molecule has 1 aliphatic heterocycles. The minimum absolute atomic E-state index is 0.0144. The Morgan fingerprint density at radius 3 is 2.54 bits per heavy atom. The molecule has 1 fully saturated rings. The van der Waals surface area contributed by atoms with Crippen molar-refractivity contribution >= 4 is 16.0 Å². The fourth-order valence-electron chi connectivity index (χ4n) is 2.57. The third-order valence-corrected chi connectivity index (χ3v) is 6.59. The molecule has 2 heterocycles. The molecule has 1 aromatic rings. The van der Waals surface area contributed by atoms with E-state index in [0.717, 1.165) is 0 Å². The zero-order valence-corrected chi connectivity index (χ0v) is 15.6. The lowest BCUT2D eigenvalue weighted by Gasteiger charge is -2.35. The number of hydrogen-bond acceptors (Lipinski definition) is 5. The lowest BCUT2D eigenvalue weighted by atomic mass is 9.81. The Labute approximate surface area is 152 Å². The van der Waals surface area contributed by atoms with Crippen molar-refractivity contribution in [1.29, 1.82) is 0 Å². The Morgan fingerprint density at radius 2 is 2.08 bits per heavy atom. The Bertz CT molecular complexity index is 769. The number of sulfonamides is 1. The Hall–Kier alpha value is -2.00. The van der Waals surface area contributed by atoms with Gasteiger partial charge in [-0.15, -0.1) is 0 Å². The van der Waals surface area contributed by atoms with E-state index in [-0.39, 0.29) is 43.3 Å². The molecule has 0 unspecified atom stereocenters. The second kappa shape index (κ2) is 8.13. The first-order chi connectivity index (χ1) is 12.2. The van der Waals surface area contributed by atoms with Gasteiger partial charge >= 0.3 is 5.97 Å². The summed E-state index contributed by atoms with van der Waals surface area (Å²) in [6, 6.07) is 2.80. The zero-order valence-electron chi connectivity index (χ0n) is 14.8. The minimum Gasteiger partial charge on any atom is -0.481 e. The van der Waals surface area contributed by atoms with Gasteiger partial charge in [0.25, 0.3) is 0 Å². The van der Waals surface area contributed by atoms with E-state index < -0.39 is 21.4 Å². The van der Waals surface area contributed by atoms with Crippen LogP contribution >= 0.6 is 0 Å². The molecule has 1 aliphatic rings. The average Bonchev–Trinajstić information content (AvgIpc) is 2.63. The molecule has 9 heteroatoms. The summed E-state index contributed by atoms with van der Waals surface area (Å²) in [5.41, 5.74) is -0.429. The molecular weight excluding hydrogens is 363 g/mol. The quantitative estimate of drug-likeness (QED) is 0.774. The van der Waals surface area contributed by atoms with Crippen molar-refractivity contribution in [2.45, 2.75) is 38.0 Å². The van der Waals surface area contributed by atoms with E-state index in [2.05, 4.69) is 4.98 Å². The van der Waals surface area contributed by atoms with Crippen molar-refractivity contribution in [1.82, 2.24) is 9.29 Å². The van der Waals surface area contributed by atoms with Crippen LogP contribution in [0.1, 0.15) is 33.1 Å². The number of carboxylic acid groups (broad SMARTS) is 1. The maximum absolute atomic E-state index is 12.7. The molecule has 0 radical (unpaired) electrons. The van der Waals surface area contributed by atoms with Crippen molar-refractivity contribution in [3.8, 4) is 5.88 Å². The minimum atomic E-state index is -3.74. The number of aromatic nitrogens is 1. The summed E-state index contributed by atoms with van der Waals surface area (Å²) in [5, 5.41) is 9.24. The maximum Gasteiger partial charge on any atom is 0.309 e. The van der Waals surface area contributed by atoms with Crippen molar-refractivity contribution in [3.63, 3.8) is 0 Å². The van der Waals surface area contributed by atoms with Crippen molar-refractivity contribution in [2.75, 3.05) is 19.7 Å². The summed E-state index contributed by atoms with van der Waals surface area (Å²) < 4.78 is 44.5. The number of rotatable bonds is 7. The van der Waals surface area contributed by atoms with Gasteiger partial charge in [-0.1, -0.05) is 6.92 Å². The molecule has 7 nitrogen and oxygen atoms in total. The molecule has 0 amide bonds. The molecule has 144 valence electrons. The number of pyridine rings is 1. The van der Waals surface area contributed by atoms with Crippen LogP contribution in [0.2, 0.25) is 0 Å². The van der Waals surface area contributed by atoms with Crippen molar-refractivity contribution in [3.05, 3.63) is 30.2 Å². The number of halogens is 1. The Morgan fingerprint density at radius 1 is 1.42 bits per heavy atom. The second-order valence-corrected chi connectivity index (χ2v) is 8.45. The van der Waals surface area contributed by atoms with Crippen molar-refractivity contribution in [2.24, 2.45) is 5.41 Å². The summed E-state index contributed by atoms with van der Waals surface area (Å²) >= 11 is 0. The second-order valence-electron chi connectivity index (χ2n) is 6.51. The lowest BCUT2D eigenvalue weighted by molar-refractivity contribution is -0.150. The lowest BCUT2D eigenvalue weighted by Crippen LogP contribution is -2.45. The monoisotopic (exact) mass is 386 g/mol. The number of piperidine rings is 1. The van der Waals surface area contributed by atoms with Gasteiger partial charge in [0, 0.05) is 19.2 Å². The van der Waals surface area contributed by atoms with Crippen LogP contribution < -0.4 is 4.74 Å². The largest absolute Gasteiger partial charge is 0.481 e. The summed E-state index contributed by atoms with van der Waals surface area (Å²) in [6.07, 6.45) is 2.70. The number of nitrogens with zero attached hydrogens (tertiary/aromatic N) is 2. The maximum atomic E-state index is 12.7. The van der Waals surface area contributed by atoms with E-state index in [1.165, 1.54) is 22.6 Å². The number of carboxylic acids is 1. The highest BCUT2D eigenvalue weighted by Gasteiger charge is 2.40. The van der Waals surface area contributed by atoms with E-state index in [1.54, 1.807) is 13.8 Å². The van der Waals surface area contributed by atoms with Crippen LogP contribution in [0.3, 0.4) is 0 Å². The first-order valence-electron chi connectivity index (χ1n) is 8.33. The fraction of sp³-hybridized carbons (Fsp3) is 0.529. The molecule has 1 saturated heterocycles. The normalized spacial score (nSPS) is 18.5. The first-order valence-corrected chi connectivity index (χ1v) is 9.77. The van der Waals surface area contributed by atoms with Crippen LogP contribution in [-0.4, -0.2) is 48.5 Å². The van der Waals surface area contributed by atoms with Gasteiger partial charge in [-0.3, -0.25) is 4.79 Å². The summed E-state index contributed by atoms with van der Waals surface area (Å²) in [4.78, 5) is 15.3. The van der Waals surface area contributed by atoms with Gasteiger partial charge in [0.2, 0.25) is 15.9 Å². The zero-order chi connectivity index (χ0) is 19.4. The molecule has 0 saturated carbocycles. The molecule has 1 N–H and O–H groups in total. The molecule has 26 heavy (non-hydrogen) atoms. The highest BCUT2D eigenvalue weighted by molar-refractivity contribution is 7.89. The van der Waals surface area contributed by atoms with Crippen LogP contribution in [0.5, 0.6) is 5.88 Å². The average molecular weight is 386 g/mol. The topological polar surface area (TPSA) is 96.8 Å². The summed E-state index contributed by atoms with van der Waals surface area (Å²) in [6.45, 7) is 3.76. The third kappa shape index (κ3) is 4.39. The summed E-state index contributed by atoms with van der Waals surface area (Å²) in [5.74, 6) is -0.708. The van der Waals surface area contributed by atoms with Crippen LogP contribution in [0.4, 0.5) is 4.39 Å². The van der Waals surface area contributed by atoms with Gasteiger partial charge in [0.1, 0.15) is 11.5 Å². The van der Waals surface area contributed by atoms with Crippen LogP contribution in [0.15, 0.2) is 35.1 Å². The Kier molecular flexibility index (Phi) is 6.35. The predicted molar refractivity (Wildman–Crippen MR) is 92.9 cm³/mol. The fourth-order valence-corrected chi connectivity index (χ4v) is 3.95. The van der Waals surface area contributed by atoms with Crippen molar-refractivity contribution < 1.29 is 27.4 Å². The standard InChI is InChI=1S/C17H23FN2O5S/c1-3-13(10-18)12-25-15-5-4-14(11-19-15)26(23,24)20-8-6-17(2,7-9-20)16(21)22/h4-5,10-11H,3,6-9,12H2,1-2H3,(H,21,22)/b13-10+. The van der Waals surface area contributed by atoms with E-state index in [9.17, 15) is 22.7 Å². The number of aliphatic carboxylic acids is 1. The third-order valence-electron chi connectivity index (χ3n) is 4.70. The molecule has 0 aliphatic carbocycles. The molecule has 0 spiro atoms. The van der Waals surface area contributed by atoms with Gasteiger partial charge in [-0.05, 0) is 37.8 Å². The first kappa shape index (κ1) is 20.3. The molecule has 0 bridgehead atoms.